The van der Waals surface area contributed by atoms with Crippen LogP contribution in [0.5, 0.6) is 17.2 Å². The Balaban J connectivity index is 1.43. The lowest BCUT2D eigenvalue weighted by Gasteiger charge is -2.25. The number of nitrogens with zero attached hydrogens (tertiary/aromatic N) is 3. The molecule has 224 valence electrons. The van der Waals surface area contributed by atoms with Crippen molar-refractivity contribution in [2.75, 3.05) is 26.2 Å². The molecule has 3 aromatic carbocycles. The highest BCUT2D eigenvalue weighted by Crippen LogP contribution is 2.48. The summed E-state index contributed by atoms with van der Waals surface area (Å²) in [5, 5.41) is 20.5. The third kappa shape index (κ3) is 5.24. The largest absolute Gasteiger partial charge is 0.503 e. The summed E-state index contributed by atoms with van der Waals surface area (Å²) in [5.74, 6) is -1.28. The molecule has 1 N–H and O–H groups in total. The minimum absolute atomic E-state index is 0.0485. The van der Waals surface area contributed by atoms with Crippen LogP contribution in [-0.2, 0) is 10.5 Å². The maximum absolute atomic E-state index is 14.0. The number of rotatable bonds is 10. The number of Topliss-reactive ketones (excluding diaryl/α,β-unsaturated/α-hetero) is 1. The number of ketones is 1. The number of fused-ring (bicyclic) bond motifs is 1. The van der Waals surface area contributed by atoms with Crippen LogP contribution in [0.25, 0.3) is 11.0 Å². The Morgan fingerprint density at radius 3 is 2.39 bits per heavy atom. The van der Waals surface area contributed by atoms with Gasteiger partial charge in [-0.2, -0.15) is 0 Å². The fourth-order valence-corrected chi connectivity index (χ4v) is 6.74. The van der Waals surface area contributed by atoms with E-state index in [9.17, 15) is 19.1 Å². The molecule has 1 atom stereocenters. The van der Waals surface area contributed by atoms with E-state index in [4.69, 9.17) is 18.6 Å². The Morgan fingerprint density at radius 2 is 1.73 bits per heavy atom. The number of halogens is 1. The number of anilines is 1. The van der Waals surface area contributed by atoms with Gasteiger partial charge in [-0.25, -0.2) is 4.39 Å². The molecule has 10 nitrogen and oxygen atoms in total. The number of carbonyl (C=O) groups is 2. The number of ether oxygens (including phenoxy) is 3. The number of hydrogen-bond acceptors (Lipinski definition) is 11. The van der Waals surface area contributed by atoms with Crippen molar-refractivity contribution >= 4 is 50.9 Å². The molecule has 0 saturated carbocycles. The molecular formula is C31H24FN3O7S2. The Morgan fingerprint density at radius 1 is 1.02 bits per heavy atom. The number of carbonyl (C=O) groups excluding carboxylic acids is 2. The van der Waals surface area contributed by atoms with Crippen molar-refractivity contribution in [3.05, 3.63) is 101 Å². The van der Waals surface area contributed by atoms with Crippen LogP contribution in [0.2, 0.25) is 0 Å². The minimum atomic E-state index is -1.15. The molecule has 0 spiro atoms. The standard InChI is InChI=1S/C31H24FN3O7S2/c1-39-22-13-18(14-23(40-2)28(22)41-3)25-24(26(36)21-12-17-6-4-5-7-20(17)42-21)27(37)29(38)35(25)30-33-34-31(44-30)43-15-16-8-10-19(32)11-9-16/h4-14,25,37H,15H2,1-3H3/t25-/m0/s1. The average molecular weight is 634 g/mol. The number of benzene rings is 3. The predicted octanol–water partition coefficient (Wildman–Crippen LogP) is 6.52. The van der Waals surface area contributed by atoms with Crippen LogP contribution < -0.4 is 19.1 Å². The van der Waals surface area contributed by atoms with Gasteiger partial charge in [-0.1, -0.05) is 53.4 Å². The highest BCUT2D eigenvalue weighted by Gasteiger charge is 2.47. The topological polar surface area (TPSA) is 124 Å². The summed E-state index contributed by atoms with van der Waals surface area (Å²) in [5.41, 5.74) is 1.53. The van der Waals surface area contributed by atoms with Gasteiger partial charge in [-0.05, 0) is 47.5 Å². The van der Waals surface area contributed by atoms with E-state index in [0.717, 1.165) is 16.9 Å². The number of aliphatic hydroxyl groups excluding tert-OH is 1. The average Bonchev–Trinajstić information content (AvgIpc) is 3.76. The van der Waals surface area contributed by atoms with Crippen molar-refractivity contribution in [3.63, 3.8) is 0 Å². The van der Waals surface area contributed by atoms with Crippen molar-refractivity contribution < 1.29 is 37.7 Å². The molecule has 0 radical (unpaired) electrons. The first kappa shape index (κ1) is 29.2. The van der Waals surface area contributed by atoms with Crippen LogP contribution in [0.4, 0.5) is 9.52 Å². The molecule has 5 aromatic rings. The fraction of sp³-hybridized carbons (Fsp3) is 0.161. The van der Waals surface area contributed by atoms with E-state index < -0.39 is 23.5 Å². The molecule has 0 bridgehead atoms. The number of thioether (sulfide) groups is 1. The van der Waals surface area contributed by atoms with Crippen LogP contribution in [0.3, 0.4) is 0 Å². The number of methoxy groups -OCH3 is 3. The van der Waals surface area contributed by atoms with Gasteiger partial charge in [0.05, 0.1) is 32.9 Å². The number of furan rings is 1. The van der Waals surface area contributed by atoms with Gasteiger partial charge in [0.15, 0.2) is 27.4 Å². The number of amides is 1. The van der Waals surface area contributed by atoms with Gasteiger partial charge in [0.25, 0.3) is 5.91 Å². The van der Waals surface area contributed by atoms with E-state index in [0.29, 0.717) is 32.4 Å². The molecule has 44 heavy (non-hydrogen) atoms. The number of para-hydroxylation sites is 1. The summed E-state index contributed by atoms with van der Waals surface area (Å²) >= 11 is 2.46. The lowest BCUT2D eigenvalue weighted by Crippen LogP contribution is -2.31. The van der Waals surface area contributed by atoms with Crippen molar-refractivity contribution in [3.8, 4) is 17.2 Å². The smallest absolute Gasteiger partial charge is 0.296 e. The van der Waals surface area contributed by atoms with Gasteiger partial charge < -0.3 is 23.7 Å². The van der Waals surface area contributed by atoms with Gasteiger partial charge in [-0.3, -0.25) is 14.5 Å². The fourth-order valence-electron chi connectivity index (χ4n) is 4.92. The molecule has 0 fully saturated rings. The zero-order valence-corrected chi connectivity index (χ0v) is 25.2. The van der Waals surface area contributed by atoms with Crippen LogP contribution in [0.1, 0.15) is 27.7 Å². The van der Waals surface area contributed by atoms with Crippen LogP contribution >= 0.6 is 23.1 Å². The van der Waals surface area contributed by atoms with Crippen LogP contribution in [0, 0.1) is 5.82 Å². The Hall–Kier alpha value is -4.88. The van der Waals surface area contributed by atoms with Crippen molar-refractivity contribution in [2.45, 2.75) is 16.1 Å². The molecule has 6 rings (SSSR count). The first-order valence-corrected chi connectivity index (χ1v) is 14.9. The molecule has 1 aliphatic rings. The first-order valence-electron chi connectivity index (χ1n) is 13.1. The third-order valence-electron chi connectivity index (χ3n) is 6.98. The molecular weight excluding hydrogens is 609 g/mol. The summed E-state index contributed by atoms with van der Waals surface area (Å²) in [7, 11) is 4.35. The number of hydrogen-bond donors (Lipinski definition) is 1. The highest BCUT2D eigenvalue weighted by molar-refractivity contribution is 8.00. The van der Waals surface area contributed by atoms with Gasteiger partial charge >= 0.3 is 0 Å². The zero-order chi connectivity index (χ0) is 31.0. The minimum Gasteiger partial charge on any atom is -0.503 e. The molecule has 0 saturated heterocycles. The monoisotopic (exact) mass is 633 g/mol. The Bertz CT molecular complexity index is 1860. The molecule has 13 heteroatoms. The SMILES string of the molecule is COc1cc([C@H]2C(C(=O)c3cc4ccccc4o3)=C(O)C(=O)N2c2nnc(SCc3ccc(F)cc3)s2)cc(OC)c1OC. The highest BCUT2D eigenvalue weighted by atomic mass is 32.2. The third-order valence-corrected chi connectivity index (χ3v) is 9.11. The summed E-state index contributed by atoms with van der Waals surface area (Å²) in [6, 6.07) is 16.8. The van der Waals surface area contributed by atoms with Crippen molar-refractivity contribution in [1.82, 2.24) is 10.2 Å². The van der Waals surface area contributed by atoms with Gasteiger partial charge in [0.2, 0.25) is 16.7 Å². The second-order valence-electron chi connectivity index (χ2n) is 9.54. The molecule has 1 aliphatic heterocycles. The van der Waals surface area contributed by atoms with E-state index in [1.54, 1.807) is 48.5 Å². The summed E-state index contributed by atoms with van der Waals surface area (Å²) in [6.07, 6.45) is 0. The number of aromatic nitrogens is 2. The molecule has 0 unspecified atom stereocenters. The van der Waals surface area contributed by atoms with Crippen LogP contribution in [0.15, 0.2) is 86.8 Å². The van der Waals surface area contributed by atoms with Gasteiger partial charge in [0, 0.05) is 11.1 Å². The zero-order valence-electron chi connectivity index (χ0n) is 23.6. The van der Waals surface area contributed by atoms with Crippen molar-refractivity contribution in [1.29, 1.82) is 0 Å². The molecule has 2 aromatic heterocycles. The summed E-state index contributed by atoms with van der Waals surface area (Å²) in [6.45, 7) is 0. The van der Waals surface area contributed by atoms with E-state index in [1.165, 1.54) is 50.1 Å². The lowest BCUT2D eigenvalue weighted by atomic mass is 9.94. The molecule has 3 heterocycles. The normalized spacial score (nSPS) is 14.9. The van der Waals surface area contributed by atoms with E-state index in [1.807, 2.05) is 6.07 Å². The van der Waals surface area contributed by atoms with Gasteiger partial charge in [0.1, 0.15) is 11.4 Å². The maximum Gasteiger partial charge on any atom is 0.296 e. The van der Waals surface area contributed by atoms with Crippen LogP contribution in [-0.4, -0.2) is 48.3 Å². The summed E-state index contributed by atoms with van der Waals surface area (Å²) < 4.78 is 36.2. The first-order chi connectivity index (χ1) is 21.3. The van der Waals surface area contributed by atoms with E-state index in [-0.39, 0.29) is 33.8 Å². The van der Waals surface area contributed by atoms with Crippen molar-refractivity contribution in [2.24, 2.45) is 0 Å². The maximum atomic E-state index is 14.0. The number of aliphatic hydroxyl groups is 1. The second-order valence-corrected chi connectivity index (χ2v) is 11.7. The molecule has 1 amide bonds. The quantitative estimate of drug-likeness (QED) is 0.103. The van der Waals surface area contributed by atoms with Gasteiger partial charge in [-0.15, -0.1) is 10.2 Å². The Labute approximate surface area is 258 Å². The van der Waals surface area contributed by atoms with E-state index >= 15 is 0 Å². The predicted molar refractivity (Wildman–Crippen MR) is 162 cm³/mol. The summed E-state index contributed by atoms with van der Waals surface area (Å²) in [4.78, 5) is 28.9. The second kappa shape index (κ2) is 12.0. The van der Waals surface area contributed by atoms with E-state index in [2.05, 4.69) is 10.2 Å². The molecule has 0 aliphatic carbocycles. The Kier molecular flexibility index (Phi) is 7.97. The lowest BCUT2D eigenvalue weighted by molar-refractivity contribution is -0.117.